The van der Waals surface area contributed by atoms with E-state index >= 15 is 0 Å². The molecule has 2 rings (SSSR count). The number of hydrogen-bond acceptors (Lipinski definition) is 2. The van der Waals surface area contributed by atoms with Crippen molar-refractivity contribution in [1.29, 1.82) is 0 Å². The van der Waals surface area contributed by atoms with E-state index in [0.29, 0.717) is 11.5 Å². The Morgan fingerprint density at radius 1 is 1.30 bits per heavy atom. The van der Waals surface area contributed by atoms with Crippen molar-refractivity contribution in [2.75, 3.05) is 5.33 Å². The molecule has 0 bridgehead atoms. The smallest absolute Gasteiger partial charge is 0.252 e. The highest BCUT2D eigenvalue weighted by Crippen LogP contribution is 2.17. The first-order chi connectivity index (χ1) is 9.63. The Morgan fingerprint density at radius 3 is 2.80 bits per heavy atom. The lowest BCUT2D eigenvalue weighted by atomic mass is 10.0. The molecule has 1 aromatic heterocycles. The minimum Gasteiger partial charge on any atom is -0.349 e. The van der Waals surface area contributed by atoms with E-state index < -0.39 is 0 Å². The molecule has 0 saturated carbocycles. The largest absolute Gasteiger partial charge is 0.349 e. The van der Waals surface area contributed by atoms with E-state index in [2.05, 4.69) is 40.1 Å². The van der Waals surface area contributed by atoms with Gasteiger partial charge in [0.05, 0.1) is 5.52 Å². The van der Waals surface area contributed by atoms with Crippen molar-refractivity contribution in [3.63, 3.8) is 0 Å². The van der Waals surface area contributed by atoms with Crippen molar-refractivity contribution in [2.24, 2.45) is 5.92 Å². The highest BCUT2D eigenvalue weighted by atomic mass is 79.9. The molecule has 0 aliphatic rings. The first kappa shape index (κ1) is 15.0. The number of benzene rings is 1. The summed E-state index contributed by atoms with van der Waals surface area (Å²) in [5.41, 5.74) is 1.54. The zero-order valence-corrected chi connectivity index (χ0v) is 13.4. The second-order valence-corrected chi connectivity index (χ2v) is 5.97. The van der Waals surface area contributed by atoms with Crippen LogP contribution in [0.15, 0.2) is 36.5 Å². The molecule has 0 spiro atoms. The standard InChI is InChI=1S/C16H19BrN2O/c1-11(2)14(8-9-17)19-16(20)13-5-3-7-15-12(13)6-4-10-18-15/h3-7,10-11,14H,8-9H2,1-2H3,(H,19,20). The summed E-state index contributed by atoms with van der Waals surface area (Å²) in [4.78, 5) is 16.8. The number of alkyl halides is 1. The third kappa shape index (κ3) is 3.37. The summed E-state index contributed by atoms with van der Waals surface area (Å²) in [6.45, 7) is 4.25. The predicted molar refractivity (Wildman–Crippen MR) is 86.2 cm³/mol. The maximum absolute atomic E-state index is 12.5. The lowest BCUT2D eigenvalue weighted by Gasteiger charge is -2.21. The number of nitrogens with one attached hydrogen (secondary N) is 1. The lowest BCUT2D eigenvalue weighted by molar-refractivity contribution is 0.0927. The number of hydrogen-bond donors (Lipinski definition) is 1. The second kappa shape index (κ2) is 6.84. The third-order valence-corrected chi connectivity index (χ3v) is 3.89. The van der Waals surface area contributed by atoms with Crippen LogP contribution in [0.2, 0.25) is 0 Å². The zero-order chi connectivity index (χ0) is 14.5. The van der Waals surface area contributed by atoms with Gasteiger partial charge in [0.15, 0.2) is 0 Å². The average molecular weight is 335 g/mol. The zero-order valence-electron chi connectivity index (χ0n) is 11.8. The number of rotatable bonds is 5. The van der Waals surface area contributed by atoms with Crippen LogP contribution in [0.5, 0.6) is 0 Å². The van der Waals surface area contributed by atoms with Gasteiger partial charge in [-0.2, -0.15) is 0 Å². The fraction of sp³-hybridized carbons (Fsp3) is 0.375. The van der Waals surface area contributed by atoms with E-state index in [1.807, 2.05) is 30.3 Å². The molecule has 1 unspecified atom stereocenters. The van der Waals surface area contributed by atoms with E-state index in [-0.39, 0.29) is 11.9 Å². The van der Waals surface area contributed by atoms with Crippen LogP contribution in [0.25, 0.3) is 10.9 Å². The molecule has 4 heteroatoms. The topological polar surface area (TPSA) is 42.0 Å². The summed E-state index contributed by atoms with van der Waals surface area (Å²) in [6, 6.07) is 9.62. The van der Waals surface area contributed by atoms with Gasteiger partial charge in [-0.15, -0.1) is 0 Å². The molecule has 0 fully saturated rings. The number of pyridine rings is 1. The summed E-state index contributed by atoms with van der Waals surface area (Å²) in [6.07, 6.45) is 2.66. The molecule has 1 atom stereocenters. The average Bonchev–Trinajstić information content (AvgIpc) is 2.46. The lowest BCUT2D eigenvalue weighted by Crippen LogP contribution is -2.38. The second-order valence-electron chi connectivity index (χ2n) is 5.18. The Bertz CT molecular complexity index is 593. The van der Waals surface area contributed by atoms with Gasteiger partial charge in [-0.3, -0.25) is 9.78 Å². The van der Waals surface area contributed by atoms with Gasteiger partial charge < -0.3 is 5.32 Å². The van der Waals surface area contributed by atoms with Gasteiger partial charge in [0, 0.05) is 28.5 Å². The number of aromatic nitrogens is 1. The maximum Gasteiger partial charge on any atom is 0.252 e. The van der Waals surface area contributed by atoms with Crippen LogP contribution >= 0.6 is 15.9 Å². The molecule has 2 aromatic rings. The van der Waals surface area contributed by atoms with Gasteiger partial charge >= 0.3 is 0 Å². The molecule has 0 aliphatic carbocycles. The van der Waals surface area contributed by atoms with E-state index in [1.165, 1.54) is 0 Å². The van der Waals surface area contributed by atoms with Crippen molar-refractivity contribution < 1.29 is 4.79 Å². The van der Waals surface area contributed by atoms with Gasteiger partial charge in [-0.05, 0) is 30.5 Å². The minimum absolute atomic E-state index is 0.0248. The fourth-order valence-electron chi connectivity index (χ4n) is 2.24. The summed E-state index contributed by atoms with van der Waals surface area (Å²) in [5, 5.41) is 4.91. The Labute approximate surface area is 127 Å². The first-order valence-electron chi connectivity index (χ1n) is 6.84. The molecule has 1 aromatic carbocycles. The van der Waals surface area contributed by atoms with E-state index in [0.717, 1.165) is 22.7 Å². The van der Waals surface area contributed by atoms with Crippen LogP contribution in [-0.4, -0.2) is 22.3 Å². The Hall–Kier alpha value is -1.42. The monoisotopic (exact) mass is 334 g/mol. The van der Waals surface area contributed by atoms with Gasteiger partial charge in [-0.25, -0.2) is 0 Å². The number of halogens is 1. The third-order valence-electron chi connectivity index (χ3n) is 3.43. The number of carbonyl (C=O) groups is 1. The molecule has 0 aliphatic heterocycles. The van der Waals surface area contributed by atoms with Gasteiger partial charge in [0.25, 0.3) is 5.91 Å². The molecule has 106 valence electrons. The van der Waals surface area contributed by atoms with E-state index in [4.69, 9.17) is 0 Å². The molecule has 1 heterocycles. The Balaban J connectivity index is 2.27. The van der Waals surface area contributed by atoms with Crippen LogP contribution < -0.4 is 5.32 Å². The van der Waals surface area contributed by atoms with Crippen molar-refractivity contribution in [2.45, 2.75) is 26.3 Å². The molecule has 3 nitrogen and oxygen atoms in total. The van der Waals surface area contributed by atoms with Crippen LogP contribution in [-0.2, 0) is 0 Å². The quantitative estimate of drug-likeness (QED) is 0.845. The van der Waals surface area contributed by atoms with Crippen molar-refractivity contribution in [3.05, 3.63) is 42.1 Å². The van der Waals surface area contributed by atoms with Crippen molar-refractivity contribution in [1.82, 2.24) is 10.3 Å². The highest BCUT2D eigenvalue weighted by molar-refractivity contribution is 9.09. The van der Waals surface area contributed by atoms with Crippen LogP contribution in [0.1, 0.15) is 30.6 Å². The van der Waals surface area contributed by atoms with Gasteiger partial charge in [-0.1, -0.05) is 41.9 Å². The maximum atomic E-state index is 12.5. The molecule has 0 radical (unpaired) electrons. The highest BCUT2D eigenvalue weighted by Gasteiger charge is 2.17. The predicted octanol–water partition coefficient (Wildman–Crippen LogP) is 3.77. The number of amides is 1. The molecule has 1 amide bonds. The summed E-state index contributed by atoms with van der Waals surface area (Å²) in [7, 11) is 0. The van der Waals surface area contributed by atoms with Gasteiger partial charge in [0.2, 0.25) is 0 Å². The Morgan fingerprint density at radius 2 is 2.10 bits per heavy atom. The van der Waals surface area contributed by atoms with Crippen LogP contribution in [0.3, 0.4) is 0 Å². The van der Waals surface area contributed by atoms with E-state index in [1.54, 1.807) is 6.20 Å². The SMILES string of the molecule is CC(C)C(CCBr)NC(=O)c1cccc2ncccc12. The first-order valence-corrected chi connectivity index (χ1v) is 7.96. The normalized spacial score (nSPS) is 12.6. The molecular formula is C16H19BrN2O. The van der Waals surface area contributed by atoms with E-state index in [9.17, 15) is 4.79 Å². The number of nitrogens with zero attached hydrogens (tertiary/aromatic N) is 1. The van der Waals surface area contributed by atoms with Gasteiger partial charge in [0.1, 0.15) is 0 Å². The van der Waals surface area contributed by atoms with Crippen molar-refractivity contribution in [3.8, 4) is 0 Å². The molecule has 1 N–H and O–H groups in total. The molecular weight excluding hydrogens is 316 g/mol. The Kier molecular flexibility index (Phi) is 5.12. The number of carbonyl (C=O) groups excluding carboxylic acids is 1. The summed E-state index contributed by atoms with van der Waals surface area (Å²) < 4.78 is 0. The van der Waals surface area contributed by atoms with Crippen molar-refractivity contribution >= 4 is 32.7 Å². The molecule has 0 saturated heterocycles. The summed E-state index contributed by atoms with van der Waals surface area (Å²) >= 11 is 3.44. The molecule has 20 heavy (non-hydrogen) atoms. The number of fused-ring (bicyclic) bond motifs is 1. The fourth-order valence-corrected chi connectivity index (χ4v) is 2.73. The minimum atomic E-state index is -0.0248. The van der Waals surface area contributed by atoms with Crippen LogP contribution in [0.4, 0.5) is 0 Å². The van der Waals surface area contributed by atoms with Crippen LogP contribution in [0, 0.1) is 5.92 Å². The summed E-state index contributed by atoms with van der Waals surface area (Å²) in [5.74, 6) is 0.382.